The van der Waals surface area contributed by atoms with Gasteiger partial charge in [-0.1, -0.05) is 71.8 Å². The molecular formula is C22H24O2. The van der Waals surface area contributed by atoms with Crippen LogP contribution in [-0.4, -0.2) is 11.6 Å². The predicted molar refractivity (Wildman–Crippen MR) is 98.4 cm³/mol. The van der Waals surface area contributed by atoms with Gasteiger partial charge < -0.3 is 0 Å². The van der Waals surface area contributed by atoms with Gasteiger partial charge >= 0.3 is 0 Å². The zero-order valence-corrected chi connectivity index (χ0v) is 14.4. The van der Waals surface area contributed by atoms with Crippen molar-refractivity contribution in [1.82, 2.24) is 0 Å². The van der Waals surface area contributed by atoms with E-state index >= 15 is 0 Å². The second-order valence-electron chi connectivity index (χ2n) is 6.18. The summed E-state index contributed by atoms with van der Waals surface area (Å²) in [5, 5.41) is 0. The minimum Gasteiger partial charge on any atom is -0.294 e. The number of Topliss-reactive ketones (excluding diaryl/α,β-unsaturated/α-hetero) is 2. The summed E-state index contributed by atoms with van der Waals surface area (Å²) in [7, 11) is 0. The van der Waals surface area contributed by atoms with Crippen molar-refractivity contribution >= 4 is 11.6 Å². The molecule has 2 rings (SSSR count). The molecule has 0 aliphatic carbocycles. The zero-order valence-electron chi connectivity index (χ0n) is 14.4. The maximum absolute atomic E-state index is 12.2. The Kier molecular flexibility index (Phi) is 6.68. The third-order valence-electron chi connectivity index (χ3n) is 4.21. The molecule has 0 N–H and O–H groups in total. The Bertz CT molecular complexity index is 651. The highest BCUT2D eigenvalue weighted by Gasteiger charge is 2.11. The highest BCUT2D eigenvalue weighted by Crippen LogP contribution is 2.20. The van der Waals surface area contributed by atoms with Crippen LogP contribution in [0.25, 0.3) is 0 Å². The zero-order chi connectivity index (χ0) is 17.4. The summed E-state index contributed by atoms with van der Waals surface area (Å²) in [5.41, 5.74) is 3.93. The van der Waals surface area contributed by atoms with Crippen LogP contribution in [0.5, 0.6) is 0 Å². The number of hydrogen-bond acceptors (Lipinski definition) is 2. The van der Waals surface area contributed by atoms with E-state index in [4.69, 9.17) is 0 Å². The van der Waals surface area contributed by atoms with Gasteiger partial charge in [0.25, 0.3) is 0 Å². The Hall–Kier alpha value is -2.48. The second kappa shape index (κ2) is 8.97. The number of ketones is 2. The highest BCUT2D eigenvalue weighted by molar-refractivity contribution is 5.96. The van der Waals surface area contributed by atoms with Gasteiger partial charge in [-0.3, -0.25) is 9.59 Å². The van der Waals surface area contributed by atoms with Crippen LogP contribution in [0.3, 0.4) is 0 Å². The quantitative estimate of drug-likeness (QED) is 0.465. The number of allylic oxidation sites excluding steroid dienone is 2. The van der Waals surface area contributed by atoms with E-state index < -0.39 is 0 Å². The van der Waals surface area contributed by atoms with Gasteiger partial charge in [-0.2, -0.15) is 0 Å². The smallest absolute Gasteiger partial charge is 0.163 e. The summed E-state index contributed by atoms with van der Waals surface area (Å²) >= 11 is 0. The largest absolute Gasteiger partial charge is 0.294 e. The number of carbonyl (C=O) groups is 2. The van der Waals surface area contributed by atoms with Crippen molar-refractivity contribution in [1.29, 1.82) is 0 Å². The van der Waals surface area contributed by atoms with Crippen molar-refractivity contribution in [3.8, 4) is 0 Å². The van der Waals surface area contributed by atoms with E-state index in [1.165, 1.54) is 11.1 Å². The molecule has 0 saturated carbocycles. The highest BCUT2D eigenvalue weighted by atomic mass is 16.1. The first-order chi connectivity index (χ1) is 11.6. The molecule has 0 atom stereocenters. The standard InChI is InChI=1S/C22H24O2/c1-17(2)18(13-15-21(23)19-9-5-3-6-10-19)14-16-22(24)20-11-7-4-8-12-20/h3-12H,13-16H2,1-2H3. The van der Waals surface area contributed by atoms with Gasteiger partial charge in [0.1, 0.15) is 0 Å². The van der Waals surface area contributed by atoms with Crippen LogP contribution in [-0.2, 0) is 0 Å². The third-order valence-corrected chi connectivity index (χ3v) is 4.21. The van der Waals surface area contributed by atoms with Gasteiger partial charge in [-0.15, -0.1) is 0 Å². The van der Waals surface area contributed by atoms with Crippen LogP contribution < -0.4 is 0 Å². The molecule has 0 amide bonds. The molecule has 0 radical (unpaired) electrons. The fourth-order valence-corrected chi connectivity index (χ4v) is 2.69. The molecule has 0 aliphatic heterocycles. The van der Waals surface area contributed by atoms with Crippen molar-refractivity contribution in [2.45, 2.75) is 39.5 Å². The molecule has 0 heterocycles. The summed E-state index contributed by atoms with van der Waals surface area (Å²) in [6.45, 7) is 4.10. The molecule has 2 nitrogen and oxygen atoms in total. The lowest BCUT2D eigenvalue weighted by Gasteiger charge is -2.10. The number of carbonyl (C=O) groups excluding carboxylic acids is 2. The molecular weight excluding hydrogens is 296 g/mol. The van der Waals surface area contributed by atoms with Crippen LogP contribution in [0.15, 0.2) is 71.8 Å². The van der Waals surface area contributed by atoms with Crippen LogP contribution in [0.4, 0.5) is 0 Å². The topological polar surface area (TPSA) is 34.1 Å². The van der Waals surface area contributed by atoms with E-state index in [0.717, 1.165) is 24.0 Å². The van der Waals surface area contributed by atoms with Gasteiger partial charge in [0, 0.05) is 24.0 Å². The lowest BCUT2D eigenvalue weighted by atomic mass is 9.95. The number of benzene rings is 2. The lowest BCUT2D eigenvalue weighted by molar-refractivity contribution is 0.0980. The van der Waals surface area contributed by atoms with Gasteiger partial charge in [0.15, 0.2) is 11.6 Å². The summed E-state index contributed by atoms with van der Waals surface area (Å²) in [6, 6.07) is 18.8. The van der Waals surface area contributed by atoms with Crippen LogP contribution >= 0.6 is 0 Å². The fourth-order valence-electron chi connectivity index (χ4n) is 2.69. The Labute approximate surface area is 144 Å². The maximum Gasteiger partial charge on any atom is 0.163 e. The van der Waals surface area contributed by atoms with E-state index in [1.807, 2.05) is 60.7 Å². The van der Waals surface area contributed by atoms with E-state index in [0.29, 0.717) is 12.8 Å². The minimum absolute atomic E-state index is 0.156. The Balaban J connectivity index is 1.90. The van der Waals surface area contributed by atoms with E-state index in [9.17, 15) is 9.59 Å². The van der Waals surface area contributed by atoms with Gasteiger partial charge in [-0.05, 0) is 26.7 Å². The van der Waals surface area contributed by atoms with Crippen LogP contribution in [0.2, 0.25) is 0 Å². The molecule has 124 valence electrons. The molecule has 0 spiro atoms. The molecule has 0 aromatic heterocycles. The molecule has 2 heteroatoms. The number of hydrogen-bond donors (Lipinski definition) is 0. The average molecular weight is 320 g/mol. The fraction of sp³-hybridized carbons (Fsp3) is 0.273. The van der Waals surface area contributed by atoms with Crippen molar-refractivity contribution in [2.24, 2.45) is 0 Å². The van der Waals surface area contributed by atoms with Crippen molar-refractivity contribution in [3.63, 3.8) is 0 Å². The number of rotatable bonds is 8. The summed E-state index contributed by atoms with van der Waals surface area (Å²) in [4.78, 5) is 24.5. The van der Waals surface area contributed by atoms with Crippen LogP contribution in [0, 0.1) is 0 Å². The van der Waals surface area contributed by atoms with Gasteiger partial charge in [-0.25, -0.2) is 0 Å². The molecule has 24 heavy (non-hydrogen) atoms. The summed E-state index contributed by atoms with van der Waals surface area (Å²) in [5.74, 6) is 0.312. The third kappa shape index (κ3) is 5.31. The van der Waals surface area contributed by atoms with Gasteiger partial charge in [0.05, 0.1) is 0 Å². The lowest BCUT2D eigenvalue weighted by Crippen LogP contribution is -2.03. The second-order valence-corrected chi connectivity index (χ2v) is 6.18. The Morgan fingerprint density at radius 2 is 1.00 bits per heavy atom. The minimum atomic E-state index is 0.156. The Morgan fingerprint density at radius 1 is 0.625 bits per heavy atom. The predicted octanol–water partition coefficient (Wildman–Crippen LogP) is 5.65. The average Bonchev–Trinajstić information content (AvgIpc) is 2.62. The van der Waals surface area contributed by atoms with E-state index in [1.54, 1.807) is 0 Å². The summed E-state index contributed by atoms with van der Waals surface area (Å²) < 4.78 is 0. The molecule has 0 saturated heterocycles. The van der Waals surface area contributed by atoms with Crippen molar-refractivity contribution in [3.05, 3.63) is 82.9 Å². The van der Waals surface area contributed by atoms with Gasteiger partial charge in [0.2, 0.25) is 0 Å². The normalized spacial score (nSPS) is 10.2. The summed E-state index contributed by atoms with van der Waals surface area (Å²) in [6.07, 6.45) is 2.42. The first kappa shape index (κ1) is 17.9. The SMILES string of the molecule is CC(C)=C(CCC(=O)c1ccccc1)CCC(=O)c1ccccc1. The van der Waals surface area contributed by atoms with E-state index in [-0.39, 0.29) is 11.6 Å². The molecule has 0 aliphatic rings. The molecule has 0 bridgehead atoms. The Morgan fingerprint density at radius 3 is 1.33 bits per heavy atom. The van der Waals surface area contributed by atoms with Crippen molar-refractivity contribution < 1.29 is 9.59 Å². The maximum atomic E-state index is 12.2. The molecule has 2 aromatic carbocycles. The first-order valence-corrected chi connectivity index (χ1v) is 8.39. The molecule has 0 unspecified atom stereocenters. The molecule has 0 fully saturated rings. The first-order valence-electron chi connectivity index (χ1n) is 8.39. The molecule has 2 aromatic rings. The van der Waals surface area contributed by atoms with E-state index in [2.05, 4.69) is 13.8 Å². The van der Waals surface area contributed by atoms with Crippen molar-refractivity contribution in [2.75, 3.05) is 0 Å². The monoisotopic (exact) mass is 320 g/mol. The van der Waals surface area contributed by atoms with Crippen LogP contribution in [0.1, 0.15) is 60.2 Å².